The summed E-state index contributed by atoms with van der Waals surface area (Å²) in [7, 11) is 2.06. The van der Waals surface area contributed by atoms with Crippen molar-refractivity contribution < 1.29 is 0 Å². The largest absolute Gasteiger partial charge is 0.353 e. The van der Waals surface area contributed by atoms with Crippen molar-refractivity contribution in [3.8, 4) is 0 Å². The Hall–Kier alpha value is -1.31. The Bertz CT molecular complexity index is 427. The van der Waals surface area contributed by atoms with Crippen LogP contribution in [0.4, 0.5) is 0 Å². The van der Waals surface area contributed by atoms with Crippen molar-refractivity contribution in [3.63, 3.8) is 0 Å². The fourth-order valence-electron chi connectivity index (χ4n) is 1.65. The molecule has 2 rings (SSSR count). The lowest BCUT2D eigenvalue weighted by molar-refractivity contribution is 0.888. The summed E-state index contributed by atoms with van der Waals surface area (Å²) in [6.45, 7) is 4.17. The van der Waals surface area contributed by atoms with Crippen molar-refractivity contribution in [3.05, 3.63) is 29.8 Å². The molecule has 2 heterocycles. The first-order valence-corrected chi connectivity index (χ1v) is 4.07. The van der Waals surface area contributed by atoms with E-state index in [9.17, 15) is 0 Å². The molecule has 0 bridgehead atoms. The molecule has 2 nitrogen and oxygen atoms in total. The number of aromatic nitrogens is 2. The molecule has 0 unspecified atom stereocenters. The van der Waals surface area contributed by atoms with Gasteiger partial charge in [-0.25, -0.2) is 0 Å². The van der Waals surface area contributed by atoms with Crippen LogP contribution in [0.2, 0.25) is 0 Å². The smallest absolute Gasteiger partial charge is 0.0468 e. The predicted octanol–water partition coefficient (Wildman–Crippen LogP) is 2.19. The minimum absolute atomic E-state index is 1.12. The van der Waals surface area contributed by atoms with Gasteiger partial charge in [-0.3, -0.25) is 4.98 Å². The molecule has 12 heavy (non-hydrogen) atoms. The first-order chi connectivity index (χ1) is 5.70. The van der Waals surface area contributed by atoms with Gasteiger partial charge in [0.25, 0.3) is 0 Å². The van der Waals surface area contributed by atoms with Gasteiger partial charge in [-0.15, -0.1) is 0 Å². The fourth-order valence-corrected chi connectivity index (χ4v) is 1.65. The molecular weight excluding hydrogens is 148 g/mol. The Morgan fingerprint density at radius 1 is 1.33 bits per heavy atom. The van der Waals surface area contributed by atoms with Gasteiger partial charge in [-0.2, -0.15) is 0 Å². The Labute approximate surface area is 71.8 Å². The Balaban J connectivity index is 2.97. The lowest BCUT2D eigenvalue weighted by Gasteiger charge is -1.97. The zero-order valence-electron chi connectivity index (χ0n) is 7.63. The average Bonchev–Trinajstić information content (AvgIpc) is 2.29. The second-order valence-corrected chi connectivity index (χ2v) is 3.19. The van der Waals surface area contributed by atoms with E-state index in [1.54, 1.807) is 0 Å². The summed E-state index contributed by atoms with van der Waals surface area (Å²) in [5.74, 6) is 0. The summed E-state index contributed by atoms with van der Waals surface area (Å²) < 4.78 is 2.14. The third-order valence-electron chi connectivity index (χ3n) is 2.40. The summed E-state index contributed by atoms with van der Waals surface area (Å²) in [5, 5.41) is 2.57. The lowest BCUT2D eigenvalue weighted by Crippen LogP contribution is -1.88. The first kappa shape index (κ1) is 7.35. The highest BCUT2D eigenvalue weighted by atomic mass is 14.9. The van der Waals surface area contributed by atoms with E-state index in [0.29, 0.717) is 0 Å². The molecule has 0 N–H and O–H groups in total. The van der Waals surface area contributed by atoms with Crippen LogP contribution in [-0.4, -0.2) is 9.55 Å². The molecule has 0 aliphatic heterocycles. The number of pyridine rings is 1. The van der Waals surface area contributed by atoms with Crippen LogP contribution < -0.4 is 0 Å². The minimum atomic E-state index is 1.12. The molecule has 2 aromatic heterocycles. The topological polar surface area (TPSA) is 17.8 Å². The van der Waals surface area contributed by atoms with E-state index in [2.05, 4.69) is 42.7 Å². The monoisotopic (exact) mass is 160 g/mol. The molecule has 0 spiro atoms. The molecule has 2 aromatic rings. The minimum Gasteiger partial charge on any atom is -0.353 e. The van der Waals surface area contributed by atoms with Gasteiger partial charge in [0.05, 0.1) is 0 Å². The second kappa shape index (κ2) is 2.34. The molecule has 62 valence electrons. The van der Waals surface area contributed by atoms with E-state index in [-0.39, 0.29) is 0 Å². The van der Waals surface area contributed by atoms with Crippen molar-refractivity contribution in [1.82, 2.24) is 9.55 Å². The molecule has 0 radical (unpaired) electrons. The van der Waals surface area contributed by atoms with Crippen molar-refractivity contribution in [2.75, 3.05) is 0 Å². The van der Waals surface area contributed by atoms with Crippen molar-refractivity contribution in [1.29, 1.82) is 0 Å². The number of hydrogen-bond acceptors (Lipinski definition) is 1. The molecule has 0 fully saturated rings. The third-order valence-corrected chi connectivity index (χ3v) is 2.40. The number of fused-ring (bicyclic) bond motifs is 1. The van der Waals surface area contributed by atoms with E-state index in [0.717, 1.165) is 5.69 Å². The van der Waals surface area contributed by atoms with E-state index in [4.69, 9.17) is 0 Å². The maximum absolute atomic E-state index is 4.27. The highest BCUT2D eigenvalue weighted by Crippen LogP contribution is 2.21. The van der Waals surface area contributed by atoms with E-state index in [1.807, 2.05) is 6.20 Å². The summed E-state index contributed by atoms with van der Waals surface area (Å²) in [6.07, 6.45) is 4.00. The van der Waals surface area contributed by atoms with Crippen molar-refractivity contribution >= 4 is 10.8 Å². The van der Waals surface area contributed by atoms with Crippen LogP contribution in [0.5, 0.6) is 0 Å². The van der Waals surface area contributed by atoms with Gasteiger partial charge >= 0.3 is 0 Å². The van der Waals surface area contributed by atoms with E-state index < -0.39 is 0 Å². The summed E-state index contributed by atoms with van der Waals surface area (Å²) in [6, 6.07) is 2.05. The maximum Gasteiger partial charge on any atom is 0.0468 e. The van der Waals surface area contributed by atoms with Crippen LogP contribution in [0, 0.1) is 13.8 Å². The van der Waals surface area contributed by atoms with Gasteiger partial charge in [0, 0.05) is 41.6 Å². The van der Waals surface area contributed by atoms with Gasteiger partial charge in [-0.1, -0.05) is 0 Å². The molecule has 0 atom stereocenters. The second-order valence-electron chi connectivity index (χ2n) is 3.19. The Kier molecular flexibility index (Phi) is 1.43. The number of hydrogen-bond donors (Lipinski definition) is 0. The molecule has 0 saturated heterocycles. The first-order valence-electron chi connectivity index (χ1n) is 4.07. The predicted molar refractivity (Wildman–Crippen MR) is 50.2 cm³/mol. The van der Waals surface area contributed by atoms with Crippen LogP contribution >= 0.6 is 0 Å². The third kappa shape index (κ3) is 0.843. The summed E-state index contributed by atoms with van der Waals surface area (Å²) >= 11 is 0. The molecule has 0 aliphatic rings. The zero-order valence-corrected chi connectivity index (χ0v) is 7.63. The molecular formula is C10H12N2. The number of rotatable bonds is 0. The van der Waals surface area contributed by atoms with Gasteiger partial charge < -0.3 is 4.57 Å². The van der Waals surface area contributed by atoms with Crippen LogP contribution in [-0.2, 0) is 7.05 Å². The average molecular weight is 160 g/mol. The molecule has 0 aromatic carbocycles. The Morgan fingerprint density at radius 3 is 2.75 bits per heavy atom. The SMILES string of the molecule is Cc1nccc2cn(C)c(C)c12. The van der Waals surface area contributed by atoms with Crippen LogP contribution in [0.1, 0.15) is 11.4 Å². The van der Waals surface area contributed by atoms with Crippen LogP contribution in [0.25, 0.3) is 10.8 Å². The van der Waals surface area contributed by atoms with Crippen LogP contribution in [0.3, 0.4) is 0 Å². The van der Waals surface area contributed by atoms with Crippen molar-refractivity contribution in [2.45, 2.75) is 13.8 Å². The Morgan fingerprint density at radius 2 is 2.08 bits per heavy atom. The van der Waals surface area contributed by atoms with E-state index in [1.165, 1.54) is 16.5 Å². The lowest BCUT2D eigenvalue weighted by atomic mass is 10.2. The molecule has 0 aliphatic carbocycles. The van der Waals surface area contributed by atoms with Gasteiger partial charge in [-0.05, 0) is 19.9 Å². The zero-order chi connectivity index (χ0) is 8.72. The maximum atomic E-state index is 4.27. The van der Waals surface area contributed by atoms with E-state index >= 15 is 0 Å². The molecule has 2 heteroatoms. The van der Waals surface area contributed by atoms with Crippen molar-refractivity contribution in [2.24, 2.45) is 7.05 Å². The summed E-state index contributed by atoms with van der Waals surface area (Å²) in [4.78, 5) is 4.27. The van der Waals surface area contributed by atoms with Crippen LogP contribution in [0.15, 0.2) is 18.5 Å². The number of nitrogens with zero attached hydrogens (tertiary/aromatic N) is 2. The van der Waals surface area contributed by atoms with Gasteiger partial charge in [0.15, 0.2) is 0 Å². The fraction of sp³-hybridized carbons (Fsp3) is 0.300. The standard InChI is InChI=1S/C10H12N2/c1-7-10-8(2)12(3)6-9(10)4-5-11-7/h4-6H,1-3H3. The molecule has 0 amide bonds. The van der Waals surface area contributed by atoms with Gasteiger partial charge in [0.2, 0.25) is 0 Å². The molecule has 0 saturated carbocycles. The van der Waals surface area contributed by atoms with Gasteiger partial charge in [0.1, 0.15) is 0 Å². The highest BCUT2D eigenvalue weighted by molar-refractivity contribution is 5.87. The number of aryl methyl sites for hydroxylation is 3. The normalized spacial score (nSPS) is 10.9. The summed E-state index contributed by atoms with van der Waals surface area (Å²) in [5.41, 5.74) is 2.40. The quantitative estimate of drug-likeness (QED) is 0.577. The highest BCUT2D eigenvalue weighted by Gasteiger charge is 2.04.